The average Bonchev–Trinajstić information content (AvgIpc) is 3.12. The number of amides is 1. The average molecular weight is 357 g/mol. The van der Waals surface area contributed by atoms with Gasteiger partial charge in [-0.15, -0.1) is 0 Å². The first-order valence-electron chi connectivity index (χ1n) is 9.25. The summed E-state index contributed by atoms with van der Waals surface area (Å²) in [7, 11) is 1.73. The molecule has 4 rings (SSSR count). The van der Waals surface area contributed by atoms with Gasteiger partial charge in [0.1, 0.15) is 0 Å². The van der Waals surface area contributed by atoms with Crippen molar-refractivity contribution in [2.45, 2.75) is 18.4 Å². The van der Waals surface area contributed by atoms with Crippen LogP contribution in [0.3, 0.4) is 0 Å². The first kappa shape index (κ1) is 17.5. The van der Waals surface area contributed by atoms with E-state index in [0.717, 1.165) is 24.0 Å². The van der Waals surface area contributed by atoms with Crippen LogP contribution < -0.4 is 5.32 Å². The molecule has 3 aromatic rings. The fourth-order valence-electron chi connectivity index (χ4n) is 3.79. The van der Waals surface area contributed by atoms with Gasteiger partial charge in [-0.25, -0.2) is 0 Å². The van der Waals surface area contributed by atoms with Crippen molar-refractivity contribution in [1.82, 2.24) is 5.32 Å². The topological polar surface area (TPSA) is 38.3 Å². The van der Waals surface area contributed by atoms with Gasteiger partial charge in [0.2, 0.25) is 0 Å². The van der Waals surface area contributed by atoms with Crippen LogP contribution in [0, 0.1) is 0 Å². The van der Waals surface area contributed by atoms with E-state index in [9.17, 15) is 4.79 Å². The number of benzene rings is 3. The lowest BCUT2D eigenvalue weighted by molar-refractivity contribution is 0.000177. The zero-order chi connectivity index (χ0) is 18.7. The number of methoxy groups -OCH3 is 1. The Morgan fingerprint density at radius 2 is 1.41 bits per heavy atom. The van der Waals surface area contributed by atoms with Crippen LogP contribution in [-0.2, 0) is 17.6 Å². The molecule has 0 saturated carbocycles. The molecule has 27 heavy (non-hydrogen) atoms. The third kappa shape index (κ3) is 3.64. The number of hydrogen-bond acceptors (Lipinski definition) is 2. The molecular formula is C24H23NO2. The molecule has 1 N–H and O–H groups in total. The Morgan fingerprint density at radius 1 is 0.852 bits per heavy atom. The van der Waals surface area contributed by atoms with Gasteiger partial charge in [0.25, 0.3) is 5.91 Å². The van der Waals surface area contributed by atoms with Crippen molar-refractivity contribution in [1.29, 1.82) is 0 Å². The lowest BCUT2D eigenvalue weighted by Crippen LogP contribution is -2.45. The van der Waals surface area contributed by atoms with E-state index in [-0.39, 0.29) is 11.5 Å². The van der Waals surface area contributed by atoms with Crippen LogP contribution in [0.4, 0.5) is 0 Å². The molecule has 3 aromatic carbocycles. The molecule has 3 heteroatoms. The minimum absolute atomic E-state index is 0.0676. The third-order valence-corrected chi connectivity index (χ3v) is 5.40. The van der Waals surface area contributed by atoms with Crippen LogP contribution in [0.15, 0.2) is 78.9 Å². The molecule has 0 radical (unpaired) electrons. The third-order valence-electron chi connectivity index (χ3n) is 5.40. The molecule has 136 valence electrons. The highest BCUT2D eigenvalue weighted by atomic mass is 16.5. The Balaban J connectivity index is 1.42. The van der Waals surface area contributed by atoms with Crippen LogP contribution in [0.5, 0.6) is 0 Å². The molecule has 0 aliphatic heterocycles. The van der Waals surface area contributed by atoms with Crippen LogP contribution >= 0.6 is 0 Å². The summed E-state index contributed by atoms with van der Waals surface area (Å²) in [5.74, 6) is -0.0676. The van der Waals surface area contributed by atoms with Crippen molar-refractivity contribution >= 4 is 5.91 Å². The first-order chi connectivity index (χ1) is 13.2. The van der Waals surface area contributed by atoms with Crippen molar-refractivity contribution < 1.29 is 9.53 Å². The van der Waals surface area contributed by atoms with Gasteiger partial charge < -0.3 is 10.1 Å². The van der Waals surface area contributed by atoms with Gasteiger partial charge in [0, 0.05) is 32.1 Å². The highest BCUT2D eigenvalue weighted by Crippen LogP contribution is 2.32. The van der Waals surface area contributed by atoms with E-state index < -0.39 is 0 Å². The standard InChI is InChI=1S/C24H23NO2/c1-27-24(15-21-9-5-6-10-22(21)16-24)17-25-23(26)20-13-11-19(12-14-20)18-7-3-2-4-8-18/h2-14H,15-17H2,1H3,(H,25,26). The van der Waals surface area contributed by atoms with Crippen molar-refractivity contribution in [2.75, 3.05) is 13.7 Å². The lowest BCUT2D eigenvalue weighted by Gasteiger charge is -2.27. The summed E-state index contributed by atoms with van der Waals surface area (Å²) in [5, 5.41) is 3.06. The highest BCUT2D eigenvalue weighted by Gasteiger charge is 2.37. The number of carbonyl (C=O) groups excluding carboxylic acids is 1. The summed E-state index contributed by atoms with van der Waals surface area (Å²) in [6.07, 6.45) is 1.65. The SMILES string of the molecule is COC1(CNC(=O)c2ccc(-c3ccccc3)cc2)Cc2ccccc2C1. The Morgan fingerprint density at radius 3 is 2.00 bits per heavy atom. The van der Waals surface area contributed by atoms with E-state index in [2.05, 4.69) is 41.7 Å². The molecule has 0 unspecified atom stereocenters. The number of hydrogen-bond donors (Lipinski definition) is 1. The van der Waals surface area contributed by atoms with Gasteiger partial charge in [-0.3, -0.25) is 4.79 Å². The van der Waals surface area contributed by atoms with E-state index in [1.807, 2.05) is 42.5 Å². The first-order valence-corrected chi connectivity index (χ1v) is 9.25. The predicted octanol–water partition coefficient (Wildman–Crippen LogP) is 4.27. The van der Waals surface area contributed by atoms with Crippen molar-refractivity contribution in [3.63, 3.8) is 0 Å². The molecule has 1 aliphatic rings. The molecule has 0 atom stereocenters. The predicted molar refractivity (Wildman–Crippen MR) is 108 cm³/mol. The van der Waals surface area contributed by atoms with E-state index in [1.165, 1.54) is 11.1 Å². The van der Waals surface area contributed by atoms with Crippen LogP contribution in [0.1, 0.15) is 21.5 Å². The van der Waals surface area contributed by atoms with Crippen molar-refractivity contribution in [3.8, 4) is 11.1 Å². The monoisotopic (exact) mass is 357 g/mol. The van der Waals surface area contributed by atoms with Crippen molar-refractivity contribution in [3.05, 3.63) is 95.6 Å². The number of nitrogens with one attached hydrogen (secondary N) is 1. The van der Waals surface area contributed by atoms with E-state index in [1.54, 1.807) is 7.11 Å². The summed E-state index contributed by atoms with van der Waals surface area (Å²) in [4.78, 5) is 12.6. The summed E-state index contributed by atoms with van der Waals surface area (Å²) in [5.41, 5.74) is 5.17. The highest BCUT2D eigenvalue weighted by molar-refractivity contribution is 5.94. The van der Waals surface area contributed by atoms with Crippen LogP contribution in [0.25, 0.3) is 11.1 Å². The van der Waals surface area contributed by atoms with E-state index in [0.29, 0.717) is 12.1 Å². The molecule has 0 saturated heterocycles. The summed E-state index contributed by atoms with van der Waals surface area (Å²) >= 11 is 0. The maximum Gasteiger partial charge on any atom is 0.251 e. The van der Waals surface area contributed by atoms with Gasteiger partial charge in [0.15, 0.2) is 0 Å². The summed E-state index contributed by atoms with van der Waals surface area (Å²) < 4.78 is 5.83. The molecule has 0 spiro atoms. The molecule has 1 aliphatic carbocycles. The Hall–Kier alpha value is -2.91. The largest absolute Gasteiger partial charge is 0.376 e. The molecule has 3 nitrogen and oxygen atoms in total. The number of fused-ring (bicyclic) bond motifs is 1. The van der Waals surface area contributed by atoms with Gasteiger partial charge in [-0.2, -0.15) is 0 Å². The second-order valence-corrected chi connectivity index (χ2v) is 7.14. The second kappa shape index (κ2) is 7.37. The second-order valence-electron chi connectivity index (χ2n) is 7.14. The van der Waals surface area contributed by atoms with Crippen LogP contribution in [0.2, 0.25) is 0 Å². The quantitative estimate of drug-likeness (QED) is 0.741. The smallest absolute Gasteiger partial charge is 0.251 e. The van der Waals surface area contributed by atoms with Gasteiger partial charge in [0.05, 0.1) is 5.60 Å². The molecule has 0 fully saturated rings. The minimum atomic E-state index is -0.358. The number of rotatable bonds is 5. The van der Waals surface area contributed by atoms with Gasteiger partial charge >= 0.3 is 0 Å². The Labute approximate surface area is 160 Å². The number of ether oxygens (including phenoxy) is 1. The lowest BCUT2D eigenvalue weighted by atomic mass is 9.99. The van der Waals surface area contributed by atoms with E-state index in [4.69, 9.17) is 4.74 Å². The van der Waals surface area contributed by atoms with Gasteiger partial charge in [-0.1, -0.05) is 66.7 Å². The molecular weight excluding hydrogens is 334 g/mol. The summed E-state index contributed by atoms with van der Waals surface area (Å²) in [6.45, 7) is 0.497. The number of carbonyl (C=O) groups is 1. The Bertz CT molecular complexity index is 907. The maximum atomic E-state index is 12.6. The van der Waals surface area contributed by atoms with E-state index >= 15 is 0 Å². The molecule has 0 heterocycles. The van der Waals surface area contributed by atoms with Crippen LogP contribution in [-0.4, -0.2) is 25.2 Å². The molecule has 1 amide bonds. The van der Waals surface area contributed by atoms with Gasteiger partial charge in [-0.05, 0) is 34.4 Å². The van der Waals surface area contributed by atoms with Crippen molar-refractivity contribution in [2.24, 2.45) is 0 Å². The molecule has 0 aromatic heterocycles. The zero-order valence-electron chi connectivity index (χ0n) is 15.4. The zero-order valence-corrected chi connectivity index (χ0v) is 15.4. The summed E-state index contributed by atoms with van der Waals surface area (Å²) in [6, 6.07) is 26.3. The molecule has 0 bridgehead atoms. The Kier molecular flexibility index (Phi) is 4.78. The fourth-order valence-corrected chi connectivity index (χ4v) is 3.79. The normalized spacial score (nSPS) is 14.6. The maximum absolute atomic E-state index is 12.6. The minimum Gasteiger partial charge on any atom is -0.376 e. The fraction of sp³-hybridized carbons (Fsp3) is 0.208.